The Hall–Kier alpha value is -0.980. The number of aliphatic hydroxyl groups excluding tert-OH is 1. The van der Waals surface area contributed by atoms with E-state index in [4.69, 9.17) is 0 Å². The summed E-state index contributed by atoms with van der Waals surface area (Å²) in [5.41, 5.74) is 0.839. The number of hydrogen-bond donors (Lipinski definition) is 1. The summed E-state index contributed by atoms with van der Waals surface area (Å²) >= 11 is 0. The van der Waals surface area contributed by atoms with Crippen LogP contribution < -0.4 is 0 Å². The summed E-state index contributed by atoms with van der Waals surface area (Å²) in [4.78, 5) is 0.185. The second kappa shape index (κ2) is 5.42. The van der Waals surface area contributed by atoms with Crippen LogP contribution in [0.25, 0.3) is 0 Å². The van der Waals surface area contributed by atoms with E-state index >= 15 is 0 Å². The molecule has 1 N–H and O–H groups in total. The van der Waals surface area contributed by atoms with Gasteiger partial charge in [-0.15, -0.1) is 0 Å². The van der Waals surface area contributed by atoms with Crippen molar-refractivity contribution in [1.82, 2.24) is 4.31 Å². The van der Waals surface area contributed by atoms with Gasteiger partial charge in [-0.25, -0.2) is 12.8 Å². The Morgan fingerprint density at radius 3 is 2.35 bits per heavy atom. The van der Waals surface area contributed by atoms with Crippen molar-refractivity contribution in [3.63, 3.8) is 0 Å². The Morgan fingerprint density at radius 1 is 1.35 bits per heavy atom. The van der Waals surface area contributed by atoms with Gasteiger partial charge in [0, 0.05) is 13.1 Å². The van der Waals surface area contributed by atoms with Gasteiger partial charge >= 0.3 is 0 Å². The third-order valence-corrected chi connectivity index (χ3v) is 6.06. The molecule has 0 amide bonds. The maximum Gasteiger partial charge on any atom is 0.243 e. The highest BCUT2D eigenvalue weighted by molar-refractivity contribution is 7.89. The maximum atomic E-state index is 13.3. The first-order valence-corrected chi connectivity index (χ1v) is 8.12. The topological polar surface area (TPSA) is 57.6 Å². The molecule has 0 spiro atoms. The smallest absolute Gasteiger partial charge is 0.243 e. The quantitative estimate of drug-likeness (QED) is 0.926. The number of aliphatic hydroxyl groups is 1. The molecular weight excluding hydrogens is 281 g/mol. The molecule has 0 radical (unpaired) electrons. The fourth-order valence-corrected chi connectivity index (χ4v) is 4.72. The van der Waals surface area contributed by atoms with Crippen molar-refractivity contribution in [3.8, 4) is 0 Å². The molecule has 0 aromatic heterocycles. The Kier molecular flexibility index (Phi) is 4.18. The summed E-state index contributed by atoms with van der Waals surface area (Å²) in [7, 11) is -3.63. The van der Waals surface area contributed by atoms with Crippen molar-refractivity contribution in [3.05, 3.63) is 29.1 Å². The van der Waals surface area contributed by atoms with Gasteiger partial charge in [-0.3, -0.25) is 0 Å². The van der Waals surface area contributed by atoms with E-state index < -0.39 is 21.9 Å². The zero-order chi connectivity index (χ0) is 15.1. The van der Waals surface area contributed by atoms with Crippen molar-refractivity contribution in [2.75, 3.05) is 13.1 Å². The Labute approximate surface area is 119 Å². The molecule has 1 aliphatic heterocycles. The van der Waals surface area contributed by atoms with Crippen LogP contribution in [0.4, 0.5) is 4.39 Å². The van der Waals surface area contributed by atoms with Crippen molar-refractivity contribution < 1.29 is 17.9 Å². The molecule has 4 nitrogen and oxygen atoms in total. The van der Waals surface area contributed by atoms with Crippen LogP contribution in [0.1, 0.15) is 24.5 Å². The van der Waals surface area contributed by atoms with E-state index in [9.17, 15) is 17.9 Å². The van der Waals surface area contributed by atoms with Gasteiger partial charge < -0.3 is 5.11 Å². The third kappa shape index (κ3) is 2.73. The van der Waals surface area contributed by atoms with Crippen LogP contribution in [0.5, 0.6) is 0 Å². The molecule has 1 heterocycles. The van der Waals surface area contributed by atoms with Crippen LogP contribution >= 0.6 is 0 Å². The summed E-state index contributed by atoms with van der Waals surface area (Å²) < 4.78 is 40.0. The molecule has 2 rings (SSSR count). The highest BCUT2D eigenvalue weighted by atomic mass is 32.2. The summed E-state index contributed by atoms with van der Waals surface area (Å²) in [6, 6.07) is 2.48. The molecule has 0 saturated carbocycles. The van der Waals surface area contributed by atoms with Crippen LogP contribution in [0, 0.1) is 25.6 Å². The molecule has 6 heteroatoms. The average Bonchev–Trinajstić information content (AvgIpc) is 2.76. The number of rotatable bonds is 3. The van der Waals surface area contributed by atoms with Crippen LogP contribution in [-0.2, 0) is 10.0 Å². The fraction of sp³-hybridized carbons (Fsp3) is 0.571. The number of sulfonamides is 1. The molecule has 20 heavy (non-hydrogen) atoms. The lowest BCUT2D eigenvalue weighted by Crippen LogP contribution is -2.31. The van der Waals surface area contributed by atoms with Crippen LogP contribution in [0.15, 0.2) is 17.0 Å². The SMILES string of the molecule is Cc1cc(F)cc(C)c1S(=O)(=O)N1CCC(C(C)O)C1. The van der Waals surface area contributed by atoms with Gasteiger partial charge in [0.15, 0.2) is 0 Å². The Bertz CT molecular complexity index is 590. The Morgan fingerprint density at radius 2 is 1.90 bits per heavy atom. The predicted molar refractivity (Wildman–Crippen MR) is 74.4 cm³/mol. The molecule has 1 fully saturated rings. The van der Waals surface area contributed by atoms with E-state index in [2.05, 4.69) is 0 Å². The van der Waals surface area contributed by atoms with E-state index in [-0.39, 0.29) is 10.8 Å². The van der Waals surface area contributed by atoms with E-state index in [1.807, 2.05) is 0 Å². The number of nitrogens with zero attached hydrogens (tertiary/aromatic N) is 1. The first kappa shape index (κ1) is 15.4. The lowest BCUT2D eigenvalue weighted by molar-refractivity contribution is 0.133. The second-order valence-electron chi connectivity index (χ2n) is 5.52. The van der Waals surface area contributed by atoms with Gasteiger partial charge in [0.05, 0.1) is 11.0 Å². The molecule has 0 aliphatic carbocycles. The van der Waals surface area contributed by atoms with Crippen molar-refractivity contribution >= 4 is 10.0 Å². The predicted octanol–water partition coefficient (Wildman–Crippen LogP) is 1.83. The number of hydrogen-bond acceptors (Lipinski definition) is 3. The standard InChI is InChI=1S/C14H20FNO3S/c1-9-6-13(15)7-10(2)14(9)20(18,19)16-5-4-12(8-16)11(3)17/h6-7,11-12,17H,4-5,8H2,1-3H3. The molecule has 0 bridgehead atoms. The summed E-state index contributed by atoms with van der Waals surface area (Å²) in [6.07, 6.45) is 0.126. The molecule has 1 saturated heterocycles. The number of benzene rings is 1. The third-order valence-electron chi connectivity index (χ3n) is 3.89. The van der Waals surface area contributed by atoms with Crippen LogP contribution in [-0.4, -0.2) is 37.0 Å². The largest absolute Gasteiger partial charge is 0.393 e. The van der Waals surface area contributed by atoms with E-state index in [1.165, 1.54) is 16.4 Å². The first-order chi connectivity index (χ1) is 9.23. The minimum absolute atomic E-state index is 0.0363. The van der Waals surface area contributed by atoms with Crippen molar-refractivity contribution in [2.24, 2.45) is 5.92 Å². The van der Waals surface area contributed by atoms with Crippen molar-refractivity contribution in [1.29, 1.82) is 0 Å². The lowest BCUT2D eigenvalue weighted by Gasteiger charge is -2.20. The zero-order valence-corrected chi connectivity index (χ0v) is 12.7. The van der Waals surface area contributed by atoms with Gasteiger partial charge in [0.25, 0.3) is 0 Å². The summed E-state index contributed by atoms with van der Waals surface area (Å²) in [5, 5.41) is 9.58. The van der Waals surface area contributed by atoms with E-state index in [1.54, 1.807) is 20.8 Å². The molecule has 1 aromatic carbocycles. The Balaban J connectivity index is 2.38. The highest BCUT2D eigenvalue weighted by Crippen LogP contribution is 2.30. The minimum Gasteiger partial charge on any atom is -0.393 e. The molecule has 1 aliphatic rings. The summed E-state index contributed by atoms with van der Waals surface area (Å²) in [6.45, 7) is 5.59. The fourth-order valence-electron chi connectivity index (χ4n) is 2.80. The molecular formula is C14H20FNO3S. The number of halogens is 1. The number of aryl methyl sites for hydroxylation is 2. The highest BCUT2D eigenvalue weighted by Gasteiger charge is 2.35. The normalized spacial score (nSPS) is 22.1. The van der Waals surface area contributed by atoms with Crippen LogP contribution in [0.2, 0.25) is 0 Å². The zero-order valence-electron chi connectivity index (χ0n) is 11.9. The first-order valence-electron chi connectivity index (χ1n) is 6.68. The summed E-state index contributed by atoms with van der Waals surface area (Å²) in [5.74, 6) is -0.465. The van der Waals surface area contributed by atoms with Gasteiger partial charge in [-0.1, -0.05) is 0 Å². The van der Waals surface area contributed by atoms with E-state index in [0.29, 0.717) is 30.6 Å². The van der Waals surface area contributed by atoms with Gasteiger partial charge in [0.2, 0.25) is 10.0 Å². The van der Waals surface area contributed by atoms with Gasteiger partial charge in [0.1, 0.15) is 5.82 Å². The monoisotopic (exact) mass is 301 g/mol. The molecule has 1 aromatic rings. The molecule has 2 atom stereocenters. The molecule has 112 valence electrons. The van der Waals surface area contributed by atoms with Gasteiger partial charge in [-0.05, 0) is 56.4 Å². The second-order valence-corrected chi connectivity index (χ2v) is 7.40. The molecule has 2 unspecified atom stereocenters. The lowest BCUT2D eigenvalue weighted by atomic mass is 10.0. The van der Waals surface area contributed by atoms with Crippen molar-refractivity contribution in [2.45, 2.75) is 38.2 Å². The average molecular weight is 301 g/mol. The minimum atomic E-state index is -3.63. The van der Waals surface area contributed by atoms with Gasteiger partial charge in [-0.2, -0.15) is 4.31 Å². The van der Waals surface area contributed by atoms with Crippen LogP contribution in [0.3, 0.4) is 0 Å². The van der Waals surface area contributed by atoms with E-state index in [0.717, 1.165) is 0 Å². The maximum absolute atomic E-state index is 13.3.